The number of aliphatic carboxylic acids is 2. The van der Waals surface area contributed by atoms with Crippen molar-refractivity contribution in [3.05, 3.63) is 52.2 Å². The van der Waals surface area contributed by atoms with E-state index < -0.39 is 17.9 Å². The number of hydrogen-bond donors (Lipinski definition) is 2. The first-order chi connectivity index (χ1) is 18.6. The van der Waals surface area contributed by atoms with Gasteiger partial charge in [0.05, 0.1) is 29.2 Å². The van der Waals surface area contributed by atoms with Crippen molar-refractivity contribution in [3.63, 3.8) is 0 Å². The Morgan fingerprint density at radius 3 is 2.15 bits per heavy atom. The summed E-state index contributed by atoms with van der Waals surface area (Å²) in [7, 11) is 1.52. The lowest BCUT2D eigenvalue weighted by Crippen LogP contribution is -2.13. The van der Waals surface area contributed by atoms with Crippen molar-refractivity contribution in [1.29, 1.82) is 0 Å². The molecule has 1 atom stereocenters. The number of carbonyl (C=O) groups is 4. The number of benzene rings is 2. The Labute approximate surface area is 231 Å². The number of hydrogen-bond acceptors (Lipinski definition) is 9. The highest BCUT2D eigenvalue weighted by Gasteiger charge is 2.20. The Hall–Kier alpha value is -3.96. The summed E-state index contributed by atoms with van der Waals surface area (Å²) in [6.45, 7) is 1.96. The van der Waals surface area contributed by atoms with Crippen molar-refractivity contribution in [2.24, 2.45) is 5.92 Å². The van der Waals surface area contributed by atoms with Crippen LogP contribution in [0.3, 0.4) is 0 Å². The smallest absolute Gasteiger partial charge is 0.306 e. The Bertz CT molecular complexity index is 1550. The molecule has 0 fully saturated rings. The summed E-state index contributed by atoms with van der Waals surface area (Å²) in [6, 6.07) is 12.5. The van der Waals surface area contributed by atoms with Gasteiger partial charge in [-0.15, -0.1) is 22.7 Å². The number of carboxylic acids is 2. The summed E-state index contributed by atoms with van der Waals surface area (Å²) < 4.78 is 18.9. The van der Waals surface area contributed by atoms with Crippen LogP contribution in [0.2, 0.25) is 0 Å². The third-order valence-corrected chi connectivity index (χ3v) is 8.21. The summed E-state index contributed by atoms with van der Waals surface area (Å²) in [5, 5.41) is 19.5. The predicted molar refractivity (Wildman–Crippen MR) is 148 cm³/mol. The molecule has 2 aromatic carbocycles. The highest BCUT2D eigenvalue weighted by atomic mass is 32.1. The SMILES string of the molecule is COc1cc2sc(C(=O)CC(C)C(=O)O)cc2cc1OCCOc1ccc2cc(C(=O)CCC(=O)O)sc2c1. The van der Waals surface area contributed by atoms with Gasteiger partial charge in [0.1, 0.15) is 19.0 Å². The maximum absolute atomic E-state index is 12.5. The molecule has 2 heterocycles. The van der Waals surface area contributed by atoms with Crippen molar-refractivity contribution < 1.29 is 43.6 Å². The molecule has 0 spiro atoms. The van der Waals surface area contributed by atoms with E-state index >= 15 is 0 Å². The summed E-state index contributed by atoms with van der Waals surface area (Å²) in [6.07, 6.45) is -0.304. The molecule has 0 radical (unpaired) electrons. The quantitative estimate of drug-likeness (QED) is 0.140. The molecule has 9 nitrogen and oxygen atoms in total. The van der Waals surface area contributed by atoms with Crippen LogP contribution in [-0.4, -0.2) is 54.0 Å². The first kappa shape index (κ1) is 28.1. The molecule has 2 aromatic heterocycles. The van der Waals surface area contributed by atoms with Gasteiger partial charge in [-0.1, -0.05) is 6.92 Å². The van der Waals surface area contributed by atoms with E-state index in [9.17, 15) is 19.2 Å². The van der Waals surface area contributed by atoms with E-state index in [1.165, 1.54) is 36.7 Å². The molecule has 0 aliphatic carbocycles. The van der Waals surface area contributed by atoms with Gasteiger partial charge < -0.3 is 24.4 Å². The second-order valence-electron chi connectivity index (χ2n) is 8.84. The maximum atomic E-state index is 12.5. The molecule has 0 aliphatic heterocycles. The van der Waals surface area contributed by atoms with Crippen LogP contribution in [0.25, 0.3) is 20.2 Å². The summed E-state index contributed by atoms with van der Waals surface area (Å²) in [5.74, 6) is -1.59. The fraction of sp³-hybridized carbons (Fsp3) is 0.286. The van der Waals surface area contributed by atoms with E-state index in [-0.39, 0.29) is 44.0 Å². The minimum Gasteiger partial charge on any atom is -0.493 e. The molecule has 1 unspecified atom stereocenters. The lowest BCUT2D eigenvalue weighted by Gasteiger charge is -2.12. The monoisotopic (exact) mass is 570 g/mol. The van der Waals surface area contributed by atoms with E-state index in [1.807, 2.05) is 12.1 Å². The molecule has 4 aromatic rings. The first-order valence-electron chi connectivity index (χ1n) is 12.1. The maximum Gasteiger partial charge on any atom is 0.306 e. The summed E-state index contributed by atoms with van der Waals surface area (Å²) in [5.41, 5.74) is 0. The van der Waals surface area contributed by atoms with Crippen LogP contribution >= 0.6 is 22.7 Å². The topological polar surface area (TPSA) is 136 Å². The van der Waals surface area contributed by atoms with Crippen LogP contribution in [0.4, 0.5) is 0 Å². The average molecular weight is 571 g/mol. The largest absolute Gasteiger partial charge is 0.493 e. The van der Waals surface area contributed by atoms with Crippen LogP contribution < -0.4 is 14.2 Å². The second-order valence-corrected chi connectivity index (χ2v) is 11.0. The Morgan fingerprint density at radius 1 is 0.795 bits per heavy atom. The van der Waals surface area contributed by atoms with Crippen LogP contribution in [0.1, 0.15) is 45.5 Å². The van der Waals surface area contributed by atoms with Crippen molar-refractivity contribution in [2.45, 2.75) is 26.2 Å². The second kappa shape index (κ2) is 12.3. The molecule has 11 heteroatoms. The Balaban J connectivity index is 1.37. The van der Waals surface area contributed by atoms with Crippen molar-refractivity contribution in [3.8, 4) is 17.2 Å². The number of fused-ring (bicyclic) bond motifs is 2. The van der Waals surface area contributed by atoms with Crippen LogP contribution in [0.15, 0.2) is 42.5 Å². The molecule has 0 bridgehead atoms. The van der Waals surface area contributed by atoms with Gasteiger partial charge in [-0.3, -0.25) is 19.2 Å². The molecular weight excluding hydrogens is 544 g/mol. The van der Waals surface area contributed by atoms with Gasteiger partial charge in [-0.2, -0.15) is 0 Å². The van der Waals surface area contributed by atoms with Gasteiger partial charge >= 0.3 is 11.9 Å². The number of rotatable bonds is 14. The van der Waals surface area contributed by atoms with Crippen molar-refractivity contribution in [2.75, 3.05) is 20.3 Å². The summed E-state index contributed by atoms with van der Waals surface area (Å²) >= 11 is 2.58. The fourth-order valence-corrected chi connectivity index (χ4v) is 5.90. The highest BCUT2D eigenvalue weighted by molar-refractivity contribution is 7.21. The number of thiophene rings is 2. The van der Waals surface area contributed by atoms with E-state index in [4.69, 9.17) is 24.4 Å². The van der Waals surface area contributed by atoms with E-state index in [2.05, 4.69) is 0 Å². The van der Waals surface area contributed by atoms with Crippen LogP contribution in [0, 0.1) is 5.92 Å². The zero-order chi connectivity index (χ0) is 28.1. The zero-order valence-electron chi connectivity index (χ0n) is 21.2. The molecular formula is C28H26O9S2. The molecule has 0 saturated heterocycles. The standard InChI is InChI=1S/C28H26O9S2/c1-15(28(33)34)9-20(30)26-12-17-10-22(21(35-2)14-24(17)39-26)37-8-7-36-18-4-3-16-11-25(38-23(16)13-18)19(29)5-6-27(31)32/h3-4,10-15H,5-9H2,1-2H3,(H,31,32)(H,33,34). The van der Waals surface area contributed by atoms with E-state index in [0.29, 0.717) is 27.0 Å². The molecule has 0 aliphatic rings. The number of methoxy groups -OCH3 is 1. The van der Waals surface area contributed by atoms with Crippen molar-refractivity contribution >= 4 is 66.4 Å². The molecule has 4 rings (SSSR count). The lowest BCUT2D eigenvalue weighted by molar-refractivity contribution is -0.141. The normalized spacial score (nSPS) is 11.8. The summed E-state index contributed by atoms with van der Waals surface area (Å²) in [4.78, 5) is 47.6. The number of ketones is 2. The predicted octanol–water partition coefficient (Wildman–Crippen LogP) is 5.92. The minimum absolute atomic E-state index is 0.0367. The molecule has 0 saturated carbocycles. The first-order valence-corrected chi connectivity index (χ1v) is 13.7. The Morgan fingerprint density at radius 2 is 1.46 bits per heavy atom. The van der Waals surface area contributed by atoms with Crippen LogP contribution in [0.5, 0.6) is 17.2 Å². The van der Waals surface area contributed by atoms with Crippen molar-refractivity contribution in [1.82, 2.24) is 0 Å². The average Bonchev–Trinajstić information content (AvgIpc) is 3.52. The molecule has 204 valence electrons. The van der Waals surface area contributed by atoms with Gasteiger partial charge in [0.2, 0.25) is 0 Å². The van der Waals surface area contributed by atoms with Crippen LogP contribution in [-0.2, 0) is 9.59 Å². The number of carbonyl (C=O) groups excluding carboxylic acids is 2. The fourth-order valence-electron chi connectivity index (χ4n) is 3.82. The molecule has 2 N–H and O–H groups in total. The van der Waals surface area contributed by atoms with Gasteiger partial charge in [-0.25, -0.2) is 0 Å². The third kappa shape index (κ3) is 6.92. The zero-order valence-corrected chi connectivity index (χ0v) is 22.9. The van der Waals surface area contributed by atoms with Gasteiger partial charge in [0, 0.05) is 28.3 Å². The number of ether oxygens (including phenoxy) is 3. The van der Waals surface area contributed by atoms with E-state index in [1.54, 1.807) is 30.3 Å². The number of carboxylic acid groups (broad SMARTS) is 2. The van der Waals surface area contributed by atoms with Gasteiger partial charge in [-0.05, 0) is 47.2 Å². The third-order valence-electron chi connectivity index (χ3n) is 5.93. The Kier molecular flexibility index (Phi) is 8.82. The number of Topliss-reactive ketones (excluding diaryl/α,β-unsaturated/α-hetero) is 2. The van der Waals surface area contributed by atoms with Gasteiger partial charge in [0.25, 0.3) is 0 Å². The lowest BCUT2D eigenvalue weighted by atomic mass is 10.0. The van der Waals surface area contributed by atoms with E-state index in [0.717, 1.165) is 20.2 Å². The highest BCUT2D eigenvalue weighted by Crippen LogP contribution is 2.37. The van der Waals surface area contributed by atoms with Gasteiger partial charge in [0.15, 0.2) is 23.1 Å². The molecule has 39 heavy (non-hydrogen) atoms. The molecule has 0 amide bonds. The minimum atomic E-state index is -1.01.